The highest BCUT2D eigenvalue weighted by Crippen LogP contribution is 2.34. The fourth-order valence-electron chi connectivity index (χ4n) is 2.75. The largest absolute Gasteiger partial charge is 0.460 e. The summed E-state index contributed by atoms with van der Waals surface area (Å²) in [4.78, 5) is 25.3. The van der Waals surface area contributed by atoms with E-state index in [0.29, 0.717) is 27.6 Å². The van der Waals surface area contributed by atoms with Crippen molar-refractivity contribution in [3.8, 4) is 0 Å². The highest BCUT2D eigenvalue weighted by molar-refractivity contribution is 7.80. The van der Waals surface area contributed by atoms with E-state index < -0.39 is 16.9 Å². The standard InChI is InChI=1S/C17H22N4O5S/c1-10-14(16(22)26-8-7-25-4)15(19-17(27)18-10)11-5-6-12(20(2)3)13(9-11)21(23)24/h5-6,9,15H,7-8H2,1-4H3,(H2,18,19,27)/t15-/m1/s1. The molecular weight excluding hydrogens is 372 g/mol. The summed E-state index contributed by atoms with van der Waals surface area (Å²) in [7, 11) is 4.96. The van der Waals surface area contributed by atoms with Crippen molar-refractivity contribution < 1.29 is 19.2 Å². The summed E-state index contributed by atoms with van der Waals surface area (Å²) < 4.78 is 10.1. The molecule has 146 valence electrons. The number of carbonyl (C=O) groups is 1. The molecule has 1 aromatic carbocycles. The van der Waals surface area contributed by atoms with E-state index in [0.717, 1.165) is 0 Å². The van der Waals surface area contributed by atoms with Crippen molar-refractivity contribution in [1.29, 1.82) is 0 Å². The average molecular weight is 394 g/mol. The number of nitro benzene ring substituents is 1. The van der Waals surface area contributed by atoms with Gasteiger partial charge in [-0.1, -0.05) is 6.07 Å². The Balaban J connectivity index is 2.45. The third-order valence-corrected chi connectivity index (χ3v) is 4.24. The lowest BCUT2D eigenvalue weighted by Gasteiger charge is -2.30. The van der Waals surface area contributed by atoms with Gasteiger partial charge in [-0.05, 0) is 30.8 Å². The topological polar surface area (TPSA) is 106 Å². The first kappa shape index (κ1) is 20.6. The molecule has 1 aliphatic rings. The molecule has 0 aliphatic carbocycles. The lowest BCUT2D eigenvalue weighted by atomic mass is 9.95. The number of nitrogens with zero attached hydrogens (tertiary/aromatic N) is 2. The normalized spacial score (nSPS) is 16.4. The molecule has 0 bridgehead atoms. The second-order valence-corrected chi connectivity index (χ2v) is 6.51. The molecular formula is C17H22N4O5S. The van der Waals surface area contributed by atoms with Crippen molar-refractivity contribution in [2.24, 2.45) is 0 Å². The molecule has 0 aromatic heterocycles. The first-order valence-electron chi connectivity index (χ1n) is 8.16. The van der Waals surface area contributed by atoms with E-state index in [4.69, 9.17) is 21.7 Å². The Bertz CT molecular complexity index is 794. The number of rotatable bonds is 7. The number of thiocarbonyl (C=S) groups is 1. The number of ether oxygens (including phenoxy) is 2. The van der Waals surface area contributed by atoms with E-state index in [1.165, 1.54) is 13.2 Å². The van der Waals surface area contributed by atoms with Gasteiger partial charge in [0.1, 0.15) is 12.3 Å². The monoisotopic (exact) mass is 394 g/mol. The van der Waals surface area contributed by atoms with E-state index in [1.54, 1.807) is 38.1 Å². The van der Waals surface area contributed by atoms with Crippen LogP contribution in [0.15, 0.2) is 29.5 Å². The zero-order valence-corrected chi connectivity index (χ0v) is 16.4. The number of benzene rings is 1. The van der Waals surface area contributed by atoms with Gasteiger partial charge in [-0.2, -0.15) is 0 Å². The zero-order chi connectivity index (χ0) is 20.1. The van der Waals surface area contributed by atoms with Crippen LogP contribution in [0.2, 0.25) is 0 Å². The van der Waals surface area contributed by atoms with E-state index in [9.17, 15) is 14.9 Å². The molecule has 2 N–H and O–H groups in total. The summed E-state index contributed by atoms with van der Waals surface area (Å²) in [6.07, 6.45) is 0. The molecule has 0 fully saturated rings. The number of nitro groups is 1. The van der Waals surface area contributed by atoms with Gasteiger partial charge in [-0.25, -0.2) is 4.79 Å². The number of allylic oxidation sites excluding steroid dienone is 1. The van der Waals surface area contributed by atoms with E-state index in [2.05, 4.69) is 10.6 Å². The molecule has 1 heterocycles. The maximum absolute atomic E-state index is 12.6. The minimum absolute atomic E-state index is 0.0616. The first-order valence-corrected chi connectivity index (χ1v) is 8.57. The van der Waals surface area contributed by atoms with Crippen LogP contribution in [-0.2, 0) is 14.3 Å². The molecule has 1 aromatic rings. The minimum atomic E-state index is -0.663. The number of esters is 1. The van der Waals surface area contributed by atoms with Crippen LogP contribution in [0.3, 0.4) is 0 Å². The van der Waals surface area contributed by atoms with E-state index in [1.807, 2.05) is 0 Å². The van der Waals surface area contributed by atoms with Gasteiger partial charge in [0, 0.05) is 33.0 Å². The smallest absolute Gasteiger partial charge is 0.338 e. The molecule has 0 unspecified atom stereocenters. The molecule has 0 spiro atoms. The van der Waals surface area contributed by atoms with Crippen LogP contribution >= 0.6 is 12.2 Å². The average Bonchev–Trinajstić information content (AvgIpc) is 2.60. The first-order chi connectivity index (χ1) is 12.8. The molecule has 0 radical (unpaired) electrons. The molecule has 9 nitrogen and oxygen atoms in total. The molecule has 1 atom stereocenters. The van der Waals surface area contributed by atoms with Crippen LogP contribution in [-0.4, -0.2) is 50.4 Å². The van der Waals surface area contributed by atoms with Crippen molar-refractivity contribution >= 4 is 34.7 Å². The second kappa shape index (κ2) is 8.78. The van der Waals surface area contributed by atoms with E-state index >= 15 is 0 Å². The summed E-state index contributed by atoms with van der Waals surface area (Å²) in [5.41, 5.74) is 1.78. The number of methoxy groups -OCH3 is 1. The maximum Gasteiger partial charge on any atom is 0.338 e. The Kier molecular flexibility index (Phi) is 6.70. The molecule has 27 heavy (non-hydrogen) atoms. The van der Waals surface area contributed by atoms with Crippen molar-refractivity contribution in [2.75, 3.05) is 39.3 Å². The van der Waals surface area contributed by atoms with Gasteiger partial charge in [-0.3, -0.25) is 10.1 Å². The van der Waals surface area contributed by atoms with Crippen LogP contribution < -0.4 is 15.5 Å². The second-order valence-electron chi connectivity index (χ2n) is 6.10. The molecule has 0 saturated heterocycles. The van der Waals surface area contributed by atoms with Gasteiger partial charge >= 0.3 is 5.97 Å². The van der Waals surface area contributed by atoms with Crippen LogP contribution in [0.1, 0.15) is 18.5 Å². The number of hydrogen-bond donors (Lipinski definition) is 2. The third kappa shape index (κ3) is 4.72. The Morgan fingerprint density at radius 1 is 1.37 bits per heavy atom. The third-order valence-electron chi connectivity index (χ3n) is 4.02. The van der Waals surface area contributed by atoms with Crippen LogP contribution in [0, 0.1) is 10.1 Å². The lowest BCUT2D eigenvalue weighted by Crippen LogP contribution is -2.45. The van der Waals surface area contributed by atoms with E-state index in [-0.39, 0.29) is 18.9 Å². The number of nitrogens with one attached hydrogen (secondary N) is 2. The molecule has 10 heteroatoms. The van der Waals surface area contributed by atoms with Gasteiger partial charge in [0.15, 0.2) is 5.11 Å². The minimum Gasteiger partial charge on any atom is -0.460 e. The fourth-order valence-corrected chi connectivity index (χ4v) is 3.03. The summed E-state index contributed by atoms with van der Waals surface area (Å²) in [6, 6.07) is 4.15. The SMILES string of the molecule is COCCOC(=O)C1=C(C)NC(=S)N[C@@H]1c1ccc(N(C)C)c([N+](=O)[O-])c1. The van der Waals surface area contributed by atoms with Crippen molar-refractivity contribution in [3.63, 3.8) is 0 Å². The summed E-state index contributed by atoms with van der Waals surface area (Å²) in [5.74, 6) is -0.545. The summed E-state index contributed by atoms with van der Waals surface area (Å²) >= 11 is 5.19. The lowest BCUT2D eigenvalue weighted by molar-refractivity contribution is -0.384. The van der Waals surface area contributed by atoms with Gasteiger partial charge in [0.25, 0.3) is 5.69 Å². The predicted octanol–water partition coefficient (Wildman–Crippen LogP) is 1.64. The molecule has 0 saturated carbocycles. The molecule has 1 aliphatic heterocycles. The Morgan fingerprint density at radius 3 is 2.67 bits per heavy atom. The highest BCUT2D eigenvalue weighted by atomic mass is 32.1. The van der Waals surface area contributed by atoms with Gasteiger partial charge < -0.3 is 25.0 Å². The number of hydrogen-bond acceptors (Lipinski definition) is 7. The Morgan fingerprint density at radius 2 is 2.07 bits per heavy atom. The quantitative estimate of drug-likeness (QED) is 0.235. The van der Waals surface area contributed by atoms with Crippen molar-refractivity contribution in [2.45, 2.75) is 13.0 Å². The Labute approximate surface area is 162 Å². The predicted molar refractivity (Wildman–Crippen MR) is 105 cm³/mol. The van der Waals surface area contributed by atoms with Gasteiger partial charge in [0.2, 0.25) is 0 Å². The highest BCUT2D eigenvalue weighted by Gasteiger charge is 2.32. The molecule has 0 amide bonds. The number of carbonyl (C=O) groups excluding carboxylic acids is 1. The van der Waals surface area contributed by atoms with Crippen LogP contribution in [0.4, 0.5) is 11.4 Å². The zero-order valence-electron chi connectivity index (χ0n) is 15.6. The number of anilines is 1. The van der Waals surface area contributed by atoms with Crippen molar-refractivity contribution in [1.82, 2.24) is 10.6 Å². The van der Waals surface area contributed by atoms with Crippen molar-refractivity contribution in [3.05, 3.63) is 45.1 Å². The van der Waals surface area contributed by atoms with Crippen LogP contribution in [0.5, 0.6) is 0 Å². The van der Waals surface area contributed by atoms with Gasteiger partial charge in [0.05, 0.1) is 23.1 Å². The fraction of sp³-hybridized carbons (Fsp3) is 0.412. The maximum atomic E-state index is 12.6. The Hall–Kier alpha value is -2.72. The van der Waals surface area contributed by atoms with Crippen LogP contribution in [0.25, 0.3) is 0 Å². The summed E-state index contributed by atoms with van der Waals surface area (Å²) in [5, 5.41) is 17.7. The molecule has 2 rings (SSSR count). The van der Waals surface area contributed by atoms with Gasteiger partial charge in [-0.15, -0.1) is 0 Å². The summed E-state index contributed by atoms with van der Waals surface area (Å²) in [6.45, 7) is 2.07.